The van der Waals surface area contributed by atoms with Crippen molar-refractivity contribution in [3.05, 3.63) is 106 Å². The molecule has 0 aliphatic carbocycles. The van der Waals surface area contributed by atoms with E-state index in [4.69, 9.17) is 0 Å². The Kier molecular flexibility index (Phi) is 8.42. The SMILES string of the molecule is CNC(=O)C(Cc1ccccc1)N(Cc1cccc(Br)c1)C(=O)CCc1ccccc1. The van der Waals surface area contributed by atoms with Gasteiger partial charge in [-0.15, -0.1) is 0 Å². The molecular weight excluding hydrogens is 452 g/mol. The normalized spacial score (nSPS) is 11.5. The molecule has 1 unspecified atom stereocenters. The number of carbonyl (C=O) groups is 2. The number of hydrogen-bond donors (Lipinski definition) is 1. The molecule has 160 valence electrons. The summed E-state index contributed by atoms with van der Waals surface area (Å²) >= 11 is 3.50. The van der Waals surface area contributed by atoms with Crippen LogP contribution in [0.5, 0.6) is 0 Å². The molecule has 0 aromatic heterocycles. The van der Waals surface area contributed by atoms with Crippen molar-refractivity contribution in [3.8, 4) is 0 Å². The second-order valence-electron chi connectivity index (χ2n) is 7.46. The quantitative estimate of drug-likeness (QED) is 0.481. The van der Waals surface area contributed by atoms with Gasteiger partial charge in [0.05, 0.1) is 0 Å². The number of aryl methyl sites for hydroxylation is 1. The fourth-order valence-corrected chi connectivity index (χ4v) is 4.04. The van der Waals surface area contributed by atoms with Gasteiger partial charge in [0.1, 0.15) is 6.04 Å². The van der Waals surface area contributed by atoms with Crippen LogP contribution in [-0.2, 0) is 29.0 Å². The number of nitrogens with one attached hydrogen (secondary N) is 1. The van der Waals surface area contributed by atoms with Crippen molar-refractivity contribution in [2.24, 2.45) is 0 Å². The first-order valence-electron chi connectivity index (χ1n) is 10.4. The lowest BCUT2D eigenvalue weighted by atomic mass is 10.0. The van der Waals surface area contributed by atoms with Crippen molar-refractivity contribution < 1.29 is 9.59 Å². The summed E-state index contributed by atoms with van der Waals surface area (Å²) in [6, 6.07) is 27.0. The van der Waals surface area contributed by atoms with E-state index in [-0.39, 0.29) is 11.8 Å². The Morgan fingerprint density at radius 1 is 0.871 bits per heavy atom. The predicted octanol–water partition coefficient (Wildman–Crippen LogP) is 4.77. The first-order valence-corrected chi connectivity index (χ1v) is 11.2. The summed E-state index contributed by atoms with van der Waals surface area (Å²) < 4.78 is 0.946. The van der Waals surface area contributed by atoms with Crippen molar-refractivity contribution >= 4 is 27.7 Å². The molecule has 31 heavy (non-hydrogen) atoms. The van der Waals surface area contributed by atoms with E-state index in [9.17, 15) is 9.59 Å². The van der Waals surface area contributed by atoms with Crippen LogP contribution >= 0.6 is 15.9 Å². The van der Waals surface area contributed by atoms with Crippen LogP contribution < -0.4 is 5.32 Å². The molecule has 4 nitrogen and oxygen atoms in total. The van der Waals surface area contributed by atoms with Crippen molar-refractivity contribution in [1.29, 1.82) is 0 Å². The number of amides is 2. The van der Waals surface area contributed by atoms with Crippen molar-refractivity contribution in [1.82, 2.24) is 10.2 Å². The highest BCUT2D eigenvalue weighted by molar-refractivity contribution is 9.10. The molecule has 0 aliphatic rings. The molecule has 3 aromatic rings. The van der Waals surface area contributed by atoms with Crippen LogP contribution in [0.4, 0.5) is 0 Å². The fraction of sp³-hybridized carbons (Fsp3) is 0.231. The van der Waals surface area contributed by atoms with Gasteiger partial charge in [-0.05, 0) is 35.2 Å². The van der Waals surface area contributed by atoms with Crippen LogP contribution in [0.25, 0.3) is 0 Å². The summed E-state index contributed by atoms with van der Waals surface area (Å²) in [6.07, 6.45) is 1.45. The smallest absolute Gasteiger partial charge is 0.242 e. The van der Waals surface area contributed by atoms with Crippen molar-refractivity contribution in [3.63, 3.8) is 0 Å². The van der Waals surface area contributed by atoms with Gasteiger partial charge < -0.3 is 10.2 Å². The molecule has 5 heteroatoms. The Balaban J connectivity index is 1.87. The highest BCUT2D eigenvalue weighted by atomic mass is 79.9. The van der Waals surface area contributed by atoms with E-state index < -0.39 is 6.04 Å². The minimum absolute atomic E-state index is 0.0339. The molecule has 0 fully saturated rings. The molecule has 0 radical (unpaired) electrons. The minimum Gasteiger partial charge on any atom is -0.357 e. The van der Waals surface area contributed by atoms with Gasteiger partial charge in [-0.1, -0.05) is 88.7 Å². The van der Waals surface area contributed by atoms with Crippen LogP contribution in [0.15, 0.2) is 89.4 Å². The number of nitrogens with zero attached hydrogens (tertiary/aromatic N) is 1. The largest absolute Gasteiger partial charge is 0.357 e. The van der Waals surface area contributed by atoms with E-state index >= 15 is 0 Å². The third-order valence-corrected chi connectivity index (χ3v) is 5.72. The predicted molar refractivity (Wildman–Crippen MR) is 127 cm³/mol. The van der Waals surface area contributed by atoms with Gasteiger partial charge in [0.25, 0.3) is 0 Å². The van der Waals surface area contributed by atoms with Gasteiger partial charge in [-0.2, -0.15) is 0 Å². The highest BCUT2D eigenvalue weighted by Gasteiger charge is 2.29. The van der Waals surface area contributed by atoms with Crippen LogP contribution in [0.2, 0.25) is 0 Å². The molecule has 0 bridgehead atoms. The Morgan fingerprint density at radius 2 is 1.48 bits per heavy atom. The molecule has 0 saturated heterocycles. The monoisotopic (exact) mass is 478 g/mol. The lowest BCUT2D eigenvalue weighted by molar-refractivity contribution is -0.141. The third-order valence-electron chi connectivity index (χ3n) is 5.23. The van der Waals surface area contributed by atoms with E-state index in [2.05, 4.69) is 21.2 Å². The molecular formula is C26H27BrN2O2. The topological polar surface area (TPSA) is 49.4 Å². The Labute approximate surface area is 192 Å². The molecule has 1 atom stereocenters. The van der Waals surface area contributed by atoms with E-state index in [1.807, 2.05) is 84.9 Å². The lowest BCUT2D eigenvalue weighted by Gasteiger charge is -2.31. The van der Waals surface area contributed by atoms with Gasteiger partial charge in [0, 0.05) is 30.9 Å². The number of hydrogen-bond acceptors (Lipinski definition) is 2. The zero-order valence-electron chi connectivity index (χ0n) is 17.6. The number of benzene rings is 3. The minimum atomic E-state index is -0.588. The summed E-state index contributed by atoms with van der Waals surface area (Å²) in [6.45, 7) is 0.373. The van der Waals surface area contributed by atoms with Gasteiger partial charge in [0.2, 0.25) is 11.8 Å². The van der Waals surface area contributed by atoms with Crippen molar-refractivity contribution in [2.75, 3.05) is 7.05 Å². The van der Waals surface area contributed by atoms with Gasteiger partial charge >= 0.3 is 0 Å². The Hall–Kier alpha value is -2.92. The number of rotatable bonds is 9. The highest BCUT2D eigenvalue weighted by Crippen LogP contribution is 2.19. The molecule has 0 saturated carbocycles. The number of halogens is 1. The van der Waals surface area contributed by atoms with E-state index in [1.54, 1.807) is 11.9 Å². The van der Waals surface area contributed by atoms with Crippen LogP contribution in [0, 0.1) is 0 Å². The summed E-state index contributed by atoms with van der Waals surface area (Å²) in [5.41, 5.74) is 3.11. The van der Waals surface area contributed by atoms with E-state index in [1.165, 1.54) is 0 Å². The average molecular weight is 479 g/mol. The van der Waals surface area contributed by atoms with Crippen LogP contribution in [0.1, 0.15) is 23.1 Å². The summed E-state index contributed by atoms with van der Waals surface area (Å²) in [7, 11) is 1.62. The van der Waals surface area contributed by atoms with Crippen LogP contribution in [-0.4, -0.2) is 29.8 Å². The second kappa shape index (κ2) is 11.5. The van der Waals surface area contributed by atoms with Gasteiger partial charge in [-0.3, -0.25) is 9.59 Å². The second-order valence-corrected chi connectivity index (χ2v) is 8.37. The molecule has 2 amide bonds. The first kappa shape index (κ1) is 22.8. The van der Waals surface area contributed by atoms with Crippen LogP contribution in [0.3, 0.4) is 0 Å². The zero-order valence-corrected chi connectivity index (χ0v) is 19.2. The molecule has 0 spiro atoms. The average Bonchev–Trinajstić information content (AvgIpc) is 2.80. The molecule has 3 rings (SSSR count). The maximum absolute atomic E-state index is 13.4. The summed E-state index contributed by atoms with van der Waals surface area (Å²) in [5, 5.41) is 2.75. The lowest BCUT2D eigenvalue weighted by Crippen LogP contribution is -2.49. The van der Waals surface area contributed by atoms with Gasteiger partial charge in [-0.25, -0.2) is 0 Å². The maximum atomic E-state index is 13.4. The van der Waals surface area contributed by atoms with E-state index in [0.717, 1.165) is 21.2 Å². The Morgan fingerprint density at radius 3 is 2.10 bits per heavy atom. The number of carbonyl (C=O) groups excluding carboxylic acids is 2. The Bertz CT molecular complexity index is 993. The van der Waals surface area contributed by atoms with Crippen molar-refractivity contribution in [2.45, 2.75) is 31.8 Å². The summed E-state index contributed by atoms with van der Waals surface area (Å²) in [4.78, 5) is 28.0. The zero-order chi connectivity index (χ0) is 22.1. The maximum Gasteiger partial charge on any atom is 0.242 e. The third kappa shape index (κ3) is 6.79. The molecule has 0 aliphatic heterocycles. The molecule has 0 heterocycles. The molecule has 1 N–H and O–H groups in total. The molecule has 3 aromatic carbocycles. The van der Waals surface area contributed by atoms with E-state index in [0.29, 0.717) is 25.8 Å². The first-order chi connectivity index (χ1) is 15.1. The summed E-state index contributed by atoms with van der Waals surface area (Å²) in [5.74, 6) is -0.194. The standard InChI is InChI=1S/C26H27BrN2O2/c1-28-26(31)24(18-21-11-6-3-7-12-21)29(19-22-13-8-14-23(27)17-22)25(30)16-15-20-9-4-2-5-10-20/h2-14,17,24H,15-16,18-19H2,1H3,(H,28,31). The fourth-order valence-electron chi connectivity index (χ4n) is 3.59. The number of likely N-dealkylation sites (N-methyl/N-ethyl adjacent to an activating group) is 1. The van der Waals surface area contributed by atoms with Gasteiger partial charge in [0.15, 0.2) is 0 Å².